The van der Waals surface area contributed by atoms with E-state index in [4.69, 9.17) is 4.74 Å². The van der Waals surface area contributed by atoms with Crippen molar-refractivity contribution in [2.24, 2.45) is 0 Å². The molecule has 2 aromatic rings. The molecular weight excluding hydrogens is 386 g/mol. The topological polar surface area (TPSA) is 67.4 Å². The molecule has 1 heterocycles. The van der Waals surface area contributed by atoms with Crippen LogP contribution in [0.4, 0.5) is 13.8 Å². The molecule has 1 aromatic heterocycles. The number of hydrogen-bond donors (Lipinski definition) is 2. The Morgan fingerprint density at radius 3 is 2.71 bits per heavy atom. The Morgan fingerprint density at radius 1 is 1.25 bits per heavy atom. The van der Waals surface area contributed by atoms with Crippen molar-refractivity contribution in [1.29, 1.82) is 0 Å². The third-order valence-electron chi connectivity index (χ3n) is 4.81. The fourth-order valence-electron chi connectivity index (χ4n) is 3.35. The standard InChI is InChI=1S/C20H22F2N2O3S/c1-11(13-8-7-12(21)9-15(13)22)23-10-17(25)24-19-18(20(26)27-2)14-5-3-4-6-16(14)28-19/h7-9,11,23H,3-6,10H2,1-2H3,(H,24,25)/t11-/m1/s1. The summed E-state index contributed by atoms with van der Waals surface area (Å²) in [6.45, 7) is 1.61. The second-order valence-corrected chi connectivity index (χ2v) is 7.83. The van der Waals surface area contributed by atoms with E-state index in [9.17, 15) is 18.4 Å². The summed E-state index contributed by atoms with van der Waals surface area (Å²) in [6.07, 6.45) is 3.75. The van der Waals surface area contributed by atoms with E-state index < -0.39 is 23.6 Å². The minimum Gasteiger partial charge on any atom is -0.465 e. The molecule has 1 aromatic carbocycles. The van der Waals surface area contributed by atoms with E-state index in [2.05, 4.69) is 10.6 Å². The third kappa shape index (κ3) is 4.39. The molecule has 5 nitrogen and oxygen atoms in total. The Balaban J connectivity index is 1.68. The lowest BCUT2D eigenvalue weighted by Gasteiger charge is -2.15. The largest absolute Gasteiger partial charge is 0.465 e. The molecule has 0 saturated heterocycles. The molecule has 1 aliphatic rings. The minimum absolute atomic E-state index is 0.0822. The van der Waals surface area contributed by atoms with Crippen molar-refractivity contribution in [2.75, 3.05) is 19.0 Å². The molecule has 0 fully saturated rings. The molecule has 0 radical (unpaired) electrons. The summed E-state index contributed by atoms with van der Waals surface area (Å²) in [6, 6.07) is 2.85. The number of esters is 1. The molecule has 28 heavy (non-hydrogen) atoms. The van der Waals surface area contributed by atoms with E-state index in [1.165, 1.54) is 30.6 Å². The molecule has 150 valence electrons. The van der Waals surface area contributed by atoms with Gasteiger partial charge in [-0.2, -0.15) is 0 Å². The van der Waals surface area contributed by atoms with Crippen LogP contribution in [0, 0.1) is 11.6 Å². The lowest BCUT2D eigenvalue weighted by molar-refractivity contribution is -0.115. The van der Waals surface area contributed by atoms with Crippen LogP contribution in [0.25, 0.3) is 0 Å². The zero-order valence-corrected chi connectivity index (χ0v) is 16.6. The molecule has 1 amide bonds. The Kier molecular flexibility index (Phi) is 6.41. The normalized spacial score (nSPS) is 14.3. The van der Waals surface area contributed by atoms with Crippen molar-refractivity contribution >= 4 is 28.2 Å². The number of carbonyl (C=O) groups excluding carboxylic acids is 2. The number of hydrogen-bond acceptors (Lipinski definition) is 5. The Bertz CT molecular complexity index is 898. The maximum atomic E-state index is 13.9. The van der Waals surface area contributed by atoms with Crippen molar-refractivity contribution in [2.45, 2.75) is 38.6 Å². The van der Waals surface area contributed by atoms with E-state index in [0.717, 1.165) is 42.2 Å². The third-order valence-corrected chi connectivity index (χ3v) is 6.02. The fourth-order valence-corrected chi connectivity index (χ4v) is 4.64. The Labute approximate surface area is 166 Å². The van der Waals surface area contributed by atoms with Gasteiger partial charge in [-0.05, 0) is 44.2 Å². The van der Waals surface area contributed by atoms with Gasteiger partial charge in [-0.3, -0.25) is 4.79 Å². The van der Waals surface area contributed by atoms with Gasteiger partial charge in [0, 0.05) is 22.5 Å². The van der Waals surface area contributed by atoms with Crippen molar-refractivity contribution in [3.63, 3.8) is 0 Å². The smallest absolute Gasteiger partial charge is 0.341 e. The van der Waals surface area contributed by atoms with Crippen molar-refractivity contribution in [1.82, 2.24) is 5.32 Å². The molecule has 2 N–H and O–H groups in total. The van der Waals surface area contributed by atoms with Crippen LogP contribution in [-0.2, 0) is 22.4 Å². The van der Waals surface area contributed by atoms with Crippen LogP contribution < -0.4 is 10.6 Å². The number of amides is 1. The summed E-state index contributed by atoms with van der Waals surface area (Å²) in [5, 5.41) is 6.19. The zero-order valence-electron chi connectivity index (χ0n) is 15.7. The number of anilines is 1. The number of nitrogens with one attached hydrogen (secondary N) is 2. The minimum atomic E-state index is -0.667. The van der Waals surface area contributed by atoms with Gasteiger partial charge in [0.15, 0.2) is 0 Å². The van der Waals surface area contributed by atoms with Crippen LogP contribution in [0.5, 0.6) is 0 Å². The number of aryl methyl sites for hydroxylation is 1. The average Bonchev–Trinajstić information content (AvgIpc) is 3.03. The second-order valence-electron chi connectivity index (χ2n) is 6.72. The highest BCUT2D eigenvalue weighted by Crippen LogP contribution is 2.38. The van der Waals surface area contributed by atoms with Crippen molar-refractivity contribution in [3.05, 3.63) is 51.4 Å². The molecule has 0 saturated carbocycles. The predicted octanol–water partition coefficient (Wildman–Crippen LogP) is 3.98. The Morgan fingerprint density at radius 2 is 2.00 bits per heavy atom. The number of fused-ring (bicyclic) bond motifs is 1. The van der Waals surface area contributed by atoms with Gasteiger partial charge in [-0.1, -0.05) is 6.07 Å². The summed E-state index contributed by atoms with van der Waals surface area (Å²) >= 11 is 1.41. The van der Waals surface area contributed by atoms with Crippen LogP contribution in [-0.4, -0.2) is 25.5 Å². The lowest BCUT2D eigenvalue weighted by atomic mass is 9.95. The number of halogens is 2. The first kappa shape index (κ1) is 20.4. The van der Waals surface area contributed by atoms with E-state index in [0.29, 0.717) is 10.6 Å². The molecule has 1 atom stereocenters. The van der Waals surface area contributed by atoms with Crippen LogP contribution in [0.3, 0.4) is 0 Å². The monoisotopic (exact) mass is 408 g/mol. The number of carbonyl (C=O) groups is 2. The zero-order chi connectivity index (χ0) is 20.3. The fraction of sp³-hybridized carbons (Fsp3) is 0.400. The van der Waals surface area contributed by atoms with Crippen LogP contribution >= 0.6 is 11.3 Å². The number of rotatable bonds is 6. The van der Waals surface area contributed by atoms with Gasteiger partial charge in [0.05, 0.1) is 19.2 Å². The SMILES string of the molecule is COC(=O)c1c(NC(=O)CN[C@H](C)c2ccc(F)cc2F)sc2c1CCCC2. The van der Waals surface area contributed by atoms with E-state index in [1.54, 1.807) is 6.92 Å². The van der Waals surface area contributed by atoms with Crippen LogP contribution in [0.1, 0.15) is 52.2 Å². The van der Waals surface area contributed by atoms with Gasteiger partial charge >= 0.3 is 5.97 Å². The van der Waals surface area contributed by atoms with E-state index in [-0.39, 0.29) is 18.0 Å². The van der Waals surface area contributed by atoms with Gasteiger partial charge < -0.3 is 15.4 Å². The molecule has 0 aliphatic heterocycles. The number of thiophene rings is 1. The molecule has 1 aliphatic carbocycles. The summed E-state index contributed by atoms with van der Waals surface area (Å²) in [5.74, 6) is -2.12. The number of ether oxygens (including phenoxy) is 1. The molecule has 0 bridgehead atoms. The highest BCUT2D eigenvalue weighted by molar-refractivity contribution is 7.17. The average molecular weight is 408 g/mol. The Hall–Kier alpha value is -2.32. The molecule has 8 heteroatoms. The maximum Gasteiger partial charge on any atom is 0.341 e. The first-order chi connectivity index (χ1) is 13.4. The summed E-state index contributed by atoms with van der Waals surface area (Å²) in [5.41, 5.74) is 1.68. The molecular formula is C20H22F2N2O3S. The maximum absolute atomic E-state index is 13.9. The van der Waals surface area contributed by atoms with Gasteiger partial charge in [0.25, 0.3) is 0 Å². The van der Waals surface area contributed by atoms with Gasteiger partial charge in [-0.15, -0.1) is 11.3 Å². The molecule has 0 unspecified atom stereocenters. The van der Waals surface area contributed by atoms with Gasteiger partial charge in [0.1, 0.15) is 16.6 Å². The second kappa shape index (κ2) is 8.79. The quantitative estimate of drug-likeness (QED) is 0.710. The predicted molar refractivity (Wildman–Crippen MR) is 104 cm³/mol. The van der Waals surface area contributed by atoms with Crippen LogP contribution in [0.2, 0.25) is 0 Å². The first-order valence-corrected chi connectivity index (χ1v) is 9.93. The van der Waals surface area contributed by atoms with Crippen LogP contribution in [0.15, 0.2) is 18.2 Å². The lowest BCUT2D eigenvalue weighted by Crippen LogP contribution is -2.30. The number of benzene rings is 1. The highest BCUT2D eigenvalue weighted by Gasteiger charge is 2.27. The van der Waals surface area contributed by atoms with Crippen molar-refractivity contribution < 1.29 is 23.1 Å². The summed E-state index contributed by atoms with van der Waals surface area (Å²) < 4.78 is 31.8. The van der Waals surface area contributed by atoms with E-state index >= 15 is 0 Å². The summed E-state index contributed by atoms with van der Waals surface area (Å²) in [7, 11) is 1.32. The first-order valence-electron chi connectivity index (χ1n) is 9.11. The van der Waals surface area contributed by atoms with Gasteiger partial charge in [0.2, 0.25) is 5.91 Å². The van der Waals surface area contributed by atoms with Gasteiger partial charge in [-0.25, -0.2) is 13.6 Å². The number of methoxy groups -OCH3 is 1. The molecule has 3 rings (SSSR count). The highest BCUT2D eigenvalue weighted by atomic mass is 32.1. The van der Waals surface area contributed by atoms with Crippen molar-refractivity contribution in [3.8, 4) is 0 Å². The summed E-state index contributed by atoms with van der Waals surface area (Å²) in [4.78, 5) is 25.7. The molecule has 0 spiro atoms. The van der Waals surface area contributed by atoms with E-state index in [1.807, 2.05) is 0 Å².